The molecule has 3 aromatic rings. The lowest BCUT2D eigenvalue weighted by atomic mass is 10.0. The van der Waals surface area contributed by atoms with Crippen LogP contribution in [-0.4, -0.2) is 44.7 Å². The molecule has 35 heavy (non-hydrogen) atoms. The molecule has 6 nitrogen and oxygen atoms in total. The maximum absolute atomic E-state index is 14.5. The number of rotatable bonds is 5. The van der Waals surface area contributed by atoms with E-state index in [0.29, 0.717) is 41.5 Å². The fraction of sp³-hybridized carbons (Fsp3) is 0.231. The van der Waals surface area contributed by atoms with Gasteiger partial charge in [-0.15, -0.1) is 0 Å². The van der Waals surface area contributed by atoms with Crippen LogP contribution in [0.15, 0.2) is 54.6 Å². The van der Waals surface area contributed by atoms with Crippen molar-refractivity contribution in [2.45, 2.75) is 13.0 Å². The molecule has 2 amide bonds. The first kappa shape index (κ1) is 25.0. The Kier molecular flexibility index (Phi) is 7.31. The van der Waals surface area contributed by atoms with Gasteiger partial charge in [0.1, 0.15) is 5.82 Å². The molecular weight excluding hydrogens is 492 g/mol. The number of anilines is 2. The third-order valence-electron chi connectivity index (χ3n) is 5.96. The molecule has 1 aliphatic rings. The van der Waals surface area contributed by atoms with Crippen molar-refractivity contribution in [3.8, 4) is 11.1 Å². The topological polar surface area (TPSA) is 75.9 Å². The molecule has 182 valence electrons. The Morgan fingerprint density at radius 1 is 1.11 bits per heavy atom. The molecule has 0 bridgehead atoms. The average Bonchev–Trinajstić information content (AvgIpc) is 2.83. The van der Waals surface area contributed by atoms with Crippen LogP contribution in [0.25, 0.3) is 11.1 Å². The summed E-state index contributed by atoms with van der Waals surface area (Å²) in [6.45, 7) is 3.67. The van der Waals surface area contributed by atoms with Gasteiger partial charge in [0.25, 0.3) is 5.91 Å². The van der Waals surface area contributed by atoms with E-state index in [1.54, 1.807) is 37.4 Å². The maximum atomic E-state index is 14.5. The SMILES string of the molecule is C[C@H]1CN(c2cc(-c3cc(C(N)=O)ccc3Cl)ccc2N(C)C(=O)c2c(F)cccc2Cl)CCO1. The number of halogens is 3. The van der Waals surface area contributed by atoms with Crippen LogP contribution in [-0.2, 0) is 4.74 Å². The van der Waals surface area contributed by atoms with Crippen molar-refractivity contribution in [1.82, 2.24) is 0 Å². The van der Waals surface area contributed by atoms with Crippen molar-refractivity contribution < 1.29 is 18.7 Å². The molecule has 3 aromatic carbocycles. The second kappa shape index (κ2) is 10.2. The van der Waals surface area contributed by atoms with Crippen molar-refractivity contribution in [2.75, 3.05) is 36.5 Å². The smallest absolute Gasteiger partial charge is 0.262 e. The molecule has 0 radical (unpaired) electrons. The Hall–Kier alpha value is -3.13. The summed E-state index contributed by atoms with van der Waals surface area (Å²) in [4.78, 5) is 28.5. The van der Waals surface area contributed by atoms with E-state index in [1.165, 1.54) is 23.1 Å². The van der Waals surface area contributed by atoms with Gasteiger partial charge in [0.2, 0.25) is 5.91 Å². The predicted octanol–water partition coefficient (Wildman–Crippen LogP) is 5.40. The summed E-state index contributed by atoms with van der Waals surface area (Å²) in [5.74, 6) is -1.83. The summed E-state index contributed by atoms with van der Waals surface area (Å²) in [7, 11) is 1.58. The van der Waals surface area contributed by atoms with Gasteiger partial charge >= 0.3 is 0 Å². The standard InChI is InChI=1S/C26H24Cl2FN3O3/c1-15-14-32(10-11-35-15)23-13-16(18-12-17(25(30)33)6-8-19(18)27)7-9-22(23)31(2)26(34)24-20(28)4-3-5-21(24)29/h3-9,12-13,15H,10-11,14H2,1-2H3,(H2,30,33)/t15-/m0/s1. The minimum Gasteiger partial charge on any atom is -0.375 e. The number of hydrogen-bond acceptors (Lipinski definition) is 4. The molecule has 4 rings (SSSR count). The fourth-order valence-corrected chi connectivity index (χ4v) is 4.61. The first-order valence-corrected chi connectivity index (χ1v) is 11.8. The minimum absolute atomic E-state index is 0.0240. The summed E-state index contributed by atoms with van der Waals surface area (Å²) in [5, 5.41) is 0.488. The second-order valence-electron chi connectivity index (χ2n) is 8.35. The van der Waals surface area contributed by atoms with Gasteiger partial charge in [-0.2, -0.15) is 0 Å². The summed E-state index contributed by atoms with van der Waals surface area (Å²) < 4.78 is 20.2. The largest absolute Gasteiger partial charge is 0.375 e. The zero-order valence-electron chi connectivity index (χ0n) is 19.2. The van der Waals surface area contributed by atoms with Gasteiger partial charge in [0.05, 0.1) is 34.7 Å². The molecule has 1 atom stereocenters. The molecule has 0 saturated carbocycles. The number of carbonyl (C=O) groups is 2. The Balaban J connectivity index is 1.83. The van der Waals surface area contributed by atoms with E-state index >= 15 is 0 Å². The van der Waals surface area contributed by atoms with Crippen molar-refractivity contribution in [3.05, 3.63) is 81.6 Å². The van der Waals surface area contributed by atoms with E-state index in [4.69, 9.17) is 33.7 Å². The van der Waals surface area contributed by atoms with Gasteiger partial charge in [-0.3, -0.25) is 9.59 Å². The molecular formula is C26H24Cl2FN3O3. The minimum atomic E-state index is -0.692. The predicted molar refractivity (Wildman–Crippen MR) is 137 cm³/mol. The van der Waals surface area contributed by atoms with Crippen LogP contribution in [0.3, 0.4) is 0 Å². The van der Waals surface area contributed by atoms with Gasteiger partial charge in [-0.05, 0) is 55.0 Å². The van der Waals surface area contributed by atoms with E-state index in [1.807, 2.05) is 13.0 Å². The van der Waals surface area contributed by atoms with Gasteiger partial charge in [-0.25, -0.2) is 4.39 Å². The van der Waals surface area contributed by atoms with Crippen LogP contribution >= 0.6 is 23.2 Å². The number of hydrogen-bond donors (Lipinski definition) is 1. The first-order chi connectivity index (χ1) is 16.7. The number of amides is 2. The van der Waals surface area contributed by atoms with Crippen LogP contribution in [0.2, 0.25) is 10.0 Å². The van der Waals surface area contributed by atoms with Crippen LogP contribution < -0.4 is 15.5 Å². The molecule has 0 aromatic heterocycles. The van der Waals surface area contributed by atoms with Gasteiger partial charge < -0.3 is 20.3 Å². The Labute approximate surface area is 213 Å². The lowest BCUT2D eigenvalue weighted by Gasteiger charge is -2.36. The third kappa shape index (κ3) is 5.12. The van der Waals surface area contributed by atoms with Crippen LogP contribution in [0.5, 0.6) is 0 Å². The van der Waals surface area contributed by atoms with E-state index in [2.05, 4.69) is 4.90 Å². The average molecular weight is 516 g/mol. The monoisotopic (exact) mass is 515 g/mol. The summed E-state index contributed by atoms with van der Waals surface area (Å²) in [6.07, 6.45) is -0.0240. The number of carbonyl (C=O) groups excluding carboxylic acids is 2. The Morgan fingerprint density at radius 3 is 2.57 bits per heavy atom. The quantitative estimate of drug-likeness (QED) is 0.493. The third-order valence-corrected chi connectivity index (χ3v) is 6.61. The first-order valence-electron chi connectivity index (χ1n) is 11.0. The molecule has 1 fully saturated rings. The number of morpholine rings is 1. The van der Waals surface area contributed by atoms with Crippen LogP contribution in [0, 0.1) is 5.82 Å². The van der Waals surface area contributed by atoms with E-state index in [-0.39, 0.29) is 16.7 Å². The Bertz CT molecular complexity index is 1280. The van der Waals surface area contributed by atoms with E-state index in [9.17, 15) is 14.0 Å². The highest BCUT2D eigenvalue weighted by molar-refractivity contribution is 6.35. The lowest BCUT2D eigenvalue weighted by Crippen LogP contribution is -2.42. The van der Waals surface area contributed by atoms with Crippen molar-refractivity contribution >= 4 is 46.4 Å². The van der Waals surface area contributed by atoms with Crippen molar-refractivity contribution in [1.29, 1.82) is 0 Å². The van der Waals surface area contributed by atoms with Crippen LogP contribution in [0.4, 0.5) is 15.8 Å². The molecule has 9 heteroatoms. The highest BCUT2D eigenvalue weighted by atomic mass is 35.5. The maximum Gasteiger partial charge on any atom is 0.262 e. The number of nitrogens with two attached hydrogens (primary N) is 1. The number of primary amides is 1. The van der Waals surface area contributed by atoms with E-state index in [0.717, 1.165) is 11.3 Å². The molecule has 0 unspecified atom stereocenters. The van der Waals surface area contributed by atoms with Crippen molar-refractivity contribution in [2.24, 2.45) is 5.73 Å². The summed E-state index contributed by atoms with van der Waals surface area (Å²) >= 11 is 12.6. The number of ether oxygens (including phenoxy) is 1. The second-order valence-corrected chi connectivity index (χ2v) is 9.17. The molecule has 0 aliphatic carbocycles. The number of benzene rings is 3. The molecule has 1 heterocycles. The zero-order chi connectivity index (χ0) is 25.3. The molecule has 2 N–H and O–H groups in total. The Morgan fingerprint density at radius 2 is 1.89 bits per heavy atom. The van der Waals surface area contributed by atoms with E-state index < -0.39 is 17.6 Å². The lowest BCUT2D eigenvalue weighted by molar-refractivity contribution is 0.0532. The summed E-state index contributed by atoms with van der Waals surface area (Å²) in [6, 6.07) is 14.4. The zero-order valence-corrected chi connectivity index (χ0v) is 20.7. The summed E-state index contributed by atoms with van der Waals surface area (Å²) in [5.41, 5.74) is 8.26. The normalized spacial score (nSPS) is 15.7. The highest BCUT2D eigenvalue weighted by Crippen LogP contribution is 2.38. The van der Waals surface area contributed by atoms with Gasteiger partial charge in [0.15, 0.2) is 0 Å². The molecule has 1 saturated heterocycles. The fourth-order valence-electron chi connectivity index (χ4n) is 4.14. The molecule has 0 spiro atoms. The van der Waals surface area contributed by atoms with Crippen LogP contribution in [0.1, 0.15) is 27.6 Å². The van der Waals surface area contributed by atoms with Gasteiger partial charge in [0, 0.05) is 36.3 Å². The number of nitrogens with zero attached hydrogens (tertiary/aromatic N) is 2. The highest BCUT2D eigenvalue weighted by Gasteiger charge is 2.26. The van der Waals surface area contributed by atoms with Gasteiger partial charge in [-0.1, -0.05) is 35.3 Å². The van der Waals surface area contributed by atoms with Crippen molar-refractivity contribution in [3.63, 3.8) is 0 Å². The molecule has 1 aliphatic heterocycles.